The number of para-hydroxylation sites is 3. The van der Waals surface area contributed by atoms with Gasteiger partial charge in [0.2, 0.25) is 0 Å². The Morgan fingerprint density at radius 3 is 1.56 bits per heavy atom. The molecule has 0 radical (unpaired) electrons. The topological polar surface area (TPSA) is 57.7 Å². The molecule has 0 saturated heterocycles. The van der Waals surface area contributed by atoms with Gasteiger partial charge < -0.3 is 9.88 Å². The van der Waals surface area contributed by atoms with Crippen LogP contribution in [0.4, 0.5) is 17.1 Å². The Bertz CT molecular complexity index is 3410. The lowest BCUT2D eigenvalue weighted by molar-refractivity contribution is 0.737. The first-order chi connectivity index (χ1) is 31.1. The quantitative estimate of drug-likeness (QED) is 0.182. The van der Waals surface area contributed by atoms with Crippen LogP contribution in [0.25, 0.3) is 66.7 Å². The largest absolute Gasteiger partial charge is 0.354 e. The van der Waals surface area contributed by atoms with Gasteiger partial charge in [-0.05, 0) is 94.4 Å². The number of aromatic amines is 1. The molecule has 11 aromatic rings. The summed E-state index contributed by atoms with van der Waals surface area (Å²) in [6.45, 7) is 4.36. The second-order valence-electron chi connectivity index (χ2n) is 16.5. The average molecular weight is 808 g/mol. The number of rotatable bonds is 6. The molecule has 12 rings (SSSR count). The fraction of sp³-hybridized carbons (Fsp3) is 0.0517. The molecule has 0 bridgehead atoms. The van der Waals surface area contributed by atoms with Crippen LogP contribution in [0.5, 0.6) is 0 Å². The van der Waals surface area contributed by atoms with Gasteiger partial charge >= 0.3 is 0 Å². The SMILES string of the molecule is Cc1cc(N2c3ccccc3C(c3ccccc3)(c3cc4ccccc4c4c3[nH]c3ccccc34)c3ccccc32)cc(C)c1-c1nc(-c2ccccc2)nc(-c2ccccc2)n1. The van der Waals surface area contributed by atoms with E-state index in [2.05, 4.69) is 194 Å². The zero-order valence-corrected chi connectivity index (χ0v) is 34.9. The van der Waals surface area contributed by atoms with E-state index in [-0.39, 0.29) is 0 Å². The van der Waals surface area contributed by atoms with Crippen molar-refractivity contribution in [3.63, 3.8) is 0 Å². The minimum absolute atomic E-state index is 0.649. The summed E-state index contributed by atoms with van der Waals surface area (Å²) < 4.78 is 0. The predicted molar refractivity (Wildman–Crippen MR) is 259 cm³/mol. The van der Waals surface area contributed by atoms with Gasteiger partial charge in [-0.25, -0.2) is 15.0 Å². The maximum atomic E-state index is 5.14. The van der Waals surface area contributed by atoms with Crippen LogP contribution >= 0.6 is 0 Å². The van der Waals surface area contributed by atoms with Gasteiger partial charge in [-0.2, -0.15) is 0 Å². The molecule has 5 heteroatoms. The summed E-state index contributed by atoms with van der Waals surface area (Å²) in [6, 6.07) is 74.0. The van der Waals surface area contributed by atoms with Gasteiger partial charge in [0.1, 0.15) is 0 Å². The summed E-state index contributed by atoms with van der Waals surface area (Å²) in [6.07, 6.45) is 0. The van der Waals surface area contributed by atoms with Crippen LogP contribution in [0.15, 0.2) is 206 Å². The van der Waals surface area contributed by atoms with Crippen molar-refractivity contribution in [2.24, 2.45) is 0 Å². The molecule has 0 amide bonds. The van der Waals surface area contributed by atoms with E-state index in [0.29, 0.717) is 17.5 Å². The number of nitrogens with zero attached hydrogens (tertiary/aromatic N) is 4. The van der Waals surface area contributed by atoms with E-state index in [0.717, 1.165) is 55.9 Å². The second kappa shape index (κ2) is 14.5. The van der Waals surface area contributed by atoms with Gasteiger partial charge in [0.15, 0.2) is 17.5 Å². The van der Waals surface area contributed by atoms with Crippen LogP contribution in [0.3, 0.4) is 0 Å². The van der Waals surface area contributed by atoms with Crippen LogP contribution in [0.2, 0.25) is 0 Å². The van der Waals surface area contributed by atoms with E-state index in [1.165, 1.54) is 43.8 Å². The third-order valence-electron chi connectivity index (χ3n) is 12.9. The van der Waals surface area contributed by atoms with Crippen LogP contribution in [-0.2, 0) is 5.41 Å². The van der Waals surface area contributed by atoms with Crippen LogP contribution in [0, 0.1) is 13.8 Å². The minimum atomic E-state index is -0.690. The monoisotopic (exact) mass is 807 g/mol. The molecule has 63 heavy (non-hydrogen) atoms. The highest BCUT2D eigenvalue weighted by Crippen LogP contribution is 2.59. The Labute approximate surface area is 366 Å². The molecule has 2 aromatic heterocycles. The molecule has 1 aliphatic rings. The second-order valence-corrected chi connectivity index (χ2v) is 16.5. The molecular weight excluding hydrogens is 767 g/mol. The lowest BCUT2D eigenvalue weighted by Crippen LogP contribution is -2.38. The molecule has 0 aliphatic carbocycles. The van der Waals surface area contributed by atoms with Crippen LogP contribution < -0.4 is 4.90 Å². The maximum Gasteiger partial charge on any atom is 0.164 e. The molecule has 1 N–H and O–H groups in total. The smallest absolute Gasteiger partial charge is 0.164 e. The average Bonchev–Trinajstić information content (AvgIpc) is 3.74. The molecule has 0 fully saturated rings. The molecule has 0 saturated carbocycles. The third-order valence-corrected chi connectivity index (χ3v) is 12.9. The highest BCUT2D eigenvalue weighted by molar-refractivity contribution is 6.21. The van der Waals surface area contributed by atoms with Gasteiger partial charge in [0.05, 0.1) is 22.3 Å². The number of hydrogen-bond donors (Lipinski definition) is 1. The summed E-state index contributed by atoms with van der Waals surface area (Å²) >= 11 is 0. The number of aryl methyl sites for hydroxylation is 2. The van der Waals surface area contributed by atoms with Crippen LogP contribution in [-0.4, -0.2) is 19.9 Å². The Kier molecular flexibility index (Phi) is 8.44. The first-order valence-electron chi connectivity index (χ1n) is 21.5. The van der Waals surface area contributed by atoms with Gasteiger partial charge in [0, 0.05) is 38.7 Å². The highest BCUT2D eigenvalue weighted by atomic mass is 15.2. The number of aromatic nitrogens is 4. The molecule has 3 heterocycles. The van der Waals surface area contributed by atoms with Gasteiger partial charge in [-0.15, -0.1) is 0 Å². The number of anilines is 3. The van der Waals surface area contributed by atoms with E-state index in [1.54, 1.807) is 0 Å². The van der Waals surface area contributed by atoms with Crippen molar-refractivity contribution in [3.8, 4) is 34.2 Å². The molecule has 0 spiro atoms. The molecular formula is C58H41N5. The summed E-state index contributed by atoms with van der Waals surface area (Å²) in [5, 5.41) is 4.93. The fourth-order valence-electron chi connectivity index (χ4n) is 10.3. The van der Waals surface area contributed by atoms with Crippen molar-refractivity contribution in [2.75, 3.05) is 4.90 Å². The predicted octanol–water partition coefficient (Wildman–Crippen LogP) is 14.4. The van der Waals surface area contributed by atoms with Gasteiger partial charge in [0.25, 0.3) is 0 Å². The maximum absolute atomic E-state index is 5.14. The number of hydrogen-bond acceptors (Lipinski definition) is 4. The lowest BCUT2D eigenvalue weighted by Gasteiger charge is -2.46. The molecule has 1 aliphatic heterocycles. The summed E-state index contributed by atoms with van der Waals surface area (Å²) in [4.78, 5) is 21.7. The summed E-state index contributed by atoms with van der Waals surface area (Å²) in [5.41, 5.74) is 14.8. The van der Waals surface area contributed by atoms with Gasteiger partial charge in [-0.3, -0.25) is 0 Å². The Hall–Kier alpha value is -8.15. The highest BCUT2D eigenvalue weighted by Gasteiger charge is 2.47. The summed E-state index contributed by atoms with van der Waals surface area (Å²) in [7, 11) is 0. The molecule has 0 atom stereocenters. The van der Waals surface area contributed by atoms with Gasteiger partial charge in [-0.1, -0.05) is 170 Å². The number of fused-ring (bicyclic) bond motifs is 7. The van der Waals surface area contributed by atoms with Crippen molar-refractivity contribution in [3.05, 3.63) is 240 Å². The van der Waals surface area contributed by atoms with Crippen molar-refractivity contribution in [1.82, 2.24) is 19.9 Å². The first-order valence-corrected chi connectivity index (χ1v) is 21.5. The van der Waals surface area contributed by atoms with E-state index >= 15 is 0 Å². The van der Waals surface area contributed by atoms with Crippen molar-refractivity contribution >= 4 is 49.6 Å². The Morgan fingerprint density at radius 1 is 0.444 bits per heavy atom. The fourth-order valence-corrected chi connectivity index (χ4v) is 10.3. The normalized spacial score (nSPS) is 13.0. The minimum Gasteiger partial charge on any atom is -0.354 e. The standard InChI is InChI=1S/C58H41N5/c1-37-34-43(35-38(2)52(37)57-61-55(39-20-6-3-7-21-39)60-56(62-57)40-22-8-4-9-23-40)63-50-32-18-15-29-46(50)58(42-25-10-5-11-26-42,47-30-16-19-33-51(47)63)48-36-41-24-12-13-27-44(41)53-45-28-14-17-31-49(45)59-54(48)53/h3-36,59H,1-2H3. The zero-order chi connectivity index (χ0) is 42.1. The Morgan fingerprint density at radius 2 is 0.937 bits per heavy atom. The van der Waals surface area contributed by atoms with E-state index in [9.17, 15) is 0 Å². The van der Waals surface area contributed by atoms with Crippen molar-refractivity contribution < 1.29 is 0 Å². The van der Waals surface area contributed by atoms with Crippen molar-refractivity contribution in [2.45, 2.75) is 19.3 Å². The van der Waals surface area contributed by atoms with E-state index < -0.39 is 5.41 Å². The number of H-pyrrole nitrogens is 1. The lowest BCUT2D eigenvalue weighted by atomic mass is 9.61. The molecule has 298 valence electrons. The third kappa shape index (κ3) is 5.67. The summed E-state index contributed by atoms with van der Waals surface area (Å²) in [5.74, 6) is 1.96. The molecule has 9 aromatic carbocycles. The zero-order valence-electron chi connectivity index (χ0n) is 34.9. The number of benzene rings is 9. The number of nitrogens with one attached hydrogen (secondary N) is 1. The Balaban J connectivity index is 1.10. The van der Waals surface area contributed by atoms with Crippen LogP contribution in [0.1, 0.15) is 33.4 Å². The molecule has 5 nitrogen and oxygen atoms in total. The van der Waals surface area contributed by atoms with E-state index in [1.807, 2.05) is 36.4 Å². The van der Waals surface area contributed by atoms with Crippen molar-refractivity contribution in [1.29, 1.82) is 0 Å². The molecule has 0 unspecified atom stereocenters. The first kappa shape index (κ1) is 36.7. The van der Waals surface area contributed by atoms with E-state index in [4.69, 9.17) is 15.0 Å².